The van der Waals surface area contributed by atoms with Gasteiger partial charge in [0.05, 0.1) is 5.41 Å². The molecular weight excluding hydrogens is 363 g/mol. The maximum atomic E-state index is 13.0. The van der Waals surface area contributed by atoms with Crippen LogP contribution in [-0.4, -0.2) is 28.8 Å². The number of nitrogens with one attached hydrogen (secondary N) is 1. The van der Waals surface area contributed by atoms with Crippen molar-refractivity contribution in [2.45, 2.75) is 48.9 Å². The summed E-state index contributed by atoms with van der Waals surface area (Å²) in [4.78, 5) is 12.5. The highest BCUT2D eigenvalue weighted by molar-refractivity contribution is 9.10. The van der Waals surface area contributed by atoms with Crippen molar-refractivity contribution in [2.75, 3.05) is 0 Å². The van der Waals surface area contributed by atoms with Crippen LogP contribution in [-0.2, 0) is 10.2 Å². The Morgan fingerprint density at radius 3 is 2.45 bits per heavy atom. The Balaban J connectivity index is 1.93. The monoisotopic (exact) mass is 377 g/mol. The van der Waals surface area contributed by atoms with Gasteiger partial charge in [-0.25, -0.2) is 0 Å². The van der Waals surface area contributed by atoms with Gasteiger partial charge in [0.2, 0.25) is 5.91 Å². The largest absolute Gasteiger partial charge is 0.417 e. The molecule has 2 fully saturated rings. The highest BCUT2D eigenvalue weighted by atomic mass is 79.9. The van der Waals surface area contributed by atoms with Gasteiger partial charge < -0.3 is 10.4 Å². The maximum absolute atomic E-state index is 13.0. The van der Waals surface area contributed by atoms with Gasteiger partial charge in [0, 0.05) is 23.4 Å². The Morgan fingerprint density at radius 1 is 1.32 bits per heavy atom. The van der Waals surface area contributed by atoms with Crippen LogP contribution in [0.4, 0.5) is 13.2 Å². The molecule has 22 heavy (non-hydrogen) atoms. The molecule has 0 bridgehead atoms. The normalized spacial score (nSPS) is 31.5. The van der Waals surface area contributed by atoms with E-state index in [2.05, 4.69) is 21.2 Å². The Labute approximate surface area is 134 Å². The van der Waals surface area contributed by atoms with E-state index in [9.17, 15) is 23.1 Å². The second-order valence-corrected chi connectivity index (χ2v) is 7.14. The van der Waals surface area contributed by atoms with Gasteiger partial charge in [-0.15, -0.1) is 0 Å². The maximum Gasteiger partial charge on any atom is 0.417 e. The van der Waals surface area contributed by atoms with E-state index in [-0.39, 0.29) is 6.04 Å². The van der Waals surface area contributed by atoms with Crippen molar-refractivity contribution >= 4 is 21.8 Å². The molecule has 3 rings (SSSR count). The molecule has 7 heteroatoms. The summed E-state index contributed by atoms with van der Waals surface area (Å²) in [5, 5.41) is 12.6. The van der Waals surface area contributed by atoms with Crippen molar-refractivity contribution in [3.63, 3.8) is 0 Å². The first-order chi connectivity index (χ1) is 10.2. The zero-order valence-corrected chi connectivity index (χ0v) is 13.2. The number of hydrogen-bond acceptors (Lipinski definition) is 2. The number of amides is 1. The van der Waals surface area contributed by atoms with Crippen molar-refractivity contribution in [1.82, 2.24) is 5.32 Å². The summed E-state index contributed by atoms with van der Waals surface area (Å²) in [7, 11) is 0. The first kappa shape index (κ1) is 15.8. The number of benzene rings is 1. The first-order valence-electron chi connectivity index (χ1n) is 7.02. The average Bonchev–Trinajstić information content (AvgIpc) is 3.17. The number of carbonyl (C=O) groups is 1. The topological polar surface area (TPSA) is 49.3 Å². The number of rotatable bonds is 3. The van der Waals surface area contributed by atoms with Gasteiger partial charge in [0.1, 0.15) is 0 Å². The minimum Gasteiger partial charge on any atom is -0.380 e. The van der Waals surface area contributed by atoms with E-state index in [0.717, 1.165) is 12.8 Å². The van der Waals surface area contributed by atoms with Crippen LogP contribution in [0.25, 0.3) is 0 Å². The molecule has 2 saturated carbocycles. The first-order valence-corrected chi connectivity index (χ1v) is 7.82. The number of aliphatic hydroxyl groups is 1. The summed E-state index contributed by atoms with van der Waals surface area (Å²) in [6, 6.07) is 6.74. The van der Waals surface area contributed by atoms with Crippen LogP contribution in [0, 0.1) is 0 Å². The van der Waals surface area contributed by atoms with Gasteiger partial charge in [-0.1, -0.05) is 28.1 Å². The summed E-state index contributed by atoms with van der Waals surface area (Å²) in [5.41, 5.74) is -3.62. The van der Waals surface area contributed by atoms with Crippen molar-refractivity contribution in [3.05, 3.63) is 34.3 Å². The van der Waals surface area contributed by atoms with Crippen molar-refractivity contribution < 1.29 is 23.1 Å². The number of hydrogen-bond donors (Lipinski definition) is 2. The Kier molecular flexibility index (Phi) is 3.56. The molecule has 3 nitrogen and oxygen atoms in total. The third kappa shape index (κ3) is 2.54. The SMILES string of the molecule is O=C(NC1CC1)[C@]1(c2cccc(Br)c2)C[C@](O)(C(F)(F)F)C1. The van der Waals surface area contributed by atoms with Crippen LogP contribution < -0.4 is 5.32 Å². The molecule has 0 saturated heterocycles. The van der Waals surface area contributed by atoms with Crippen LogP contribution in [0.5, 0.6) is 0 Å². The van der Waals surface area contributed by atoms with Crippen LogP contribution in [0.3, 0.4) is 0 Å². The standard InChI is InChI=1S/C15H15BrF3NO2/c16-10-3-1-2-9(6-10)13(12(21)20-11-4-5-11)7-14(22,8-13)15(17,18)19/h1-3,6,11,22H,4-5,7-8H2,(H,20,21)/t13-,14-. The molecule has 0 radical (unpaired) electrons. The fourth-order valence-electron chi connectivity index (χ4n) is 2.98. The highest BCUT2D eigenvalue weighted by Crippen LogP contribution is 2.57. The molecule has 2 N–H and O–H groups in total. The third-order valence-corrected chi connectivity index (χ3v) is 4.93. The predicted octanol–water partition coefficient (Wildman–Crippen LogP) is 3.05. The van der Waals surface area contributed by atoms with Crippen molar-refractivity contribution in [1.29, 1.82) is 0 Å². The second-order valence-electron chi connectivity index (χ2n) is 6.22. The summed E-state index contributed by atoms with van der Waals surface area (Å²) in [5.74, 6) is -0.429. The zero-order chi connectivity index (χ0) is 16.2. The van der Waals surface area contributed by atoms with Gasteiger partial charge in [-0.3, -0.25) is 4.79 Å². The van der Waals surface area contributed by atoms with Crippen LogP contribution in [0.1, 0.15) is 31.2 Å². The third-order valence-electron chi connectivity index (χ3n) is 4.44. The van der Waals surface area contributed by atoms with E-state index in [0.29, 0.717) is 10.0 Å². The summed E-state index contributed by atoms with van der Waals surface area (Å²) >= 11 is 3.27. The van der Waals surface area contributed by atoms with Crippen LogP contribution >= 0.6 is 15.9 Å². The fraction of sp³-hybridized carbons (Fsp3) is 0.533. The highest BCUT2D eigenvalue weighted by Gasteiger charge is 2.70. The lowest BCUT2D eigenvalue weighted by Crippen LogP contribution is -2.67. The van der Waals surface area contributed by atoms with E-state index in [1.54, 1.807) is 24.3 Å². The Hall–Kier alpha value is -1.08. The van der Waals surface area contributed by atoms with E-state index in [1.165, 1.54) is 0 Å². The lowest BCUT2D eigenvalue weighted by molar-refractivity contribution is -0.301. The summed E-state index contributed by atoms with van der Waals surface area (Å²) < 4.78 is 39.6. The molecule has 1 amide bonds. The Bertz CT molecular complexity index is 607. The van der Waals surface area contributed by atoms with E-state index in [4.69, 9.17) is 0 Å². The molecule has 2 aliphatic rings. The fourth-order valence-corrected chi connectivity index (χ4v) is 3.38. The van der Waals surface area contributed by atoms with E-state index >= 15 is 0 Å². The number of alkyl halides is 3. The summed E-state index contributed by atoms with van der Waals surface area (Å²) in [6.45, 7) is 0. The molecular formula is C15H15BrF3NO2. The van der Waals surface area contributed by atoms with Gasteiger partial charge >= 0.3 is 6.18 Å². The lowest BCUT2D eigenvalue weighted by atomic mass is 9.55. The quantitative estimate of drug-likeness (QED) is 0.850. The van der Waals surface area contributed by atoms with Gasteiger partial charge in [-0.05, 0) is 30.5 Å². The van der Waals surface area contributed by atoms with Crippen LogP contribution in [0.15, 0.2) is 28.7 Å². The Morgan fingerprint density at radius 2 is 1.95 bits per heavy atom. The smallest absolute Gasteiger partial charge is 0.380 e. The molecule has 0 aliphatic heterocycles. The molecule has 0 spiro atoms. The van der Waals surface area contributed by atoms with Crippen molar-refractivity contribution in [3.8, 4) is 0 Å². The van der Waals surface area contributed by atoms with E-state index in [1.807, 2.05) is 0 Å². The molecule has 0 heterocycles. The number of halogens is 4. The van der Waals surface area contributed by atoms with Gasteiger partial charge in [0.15, 0.2) is 5.60 Å². The second kappa shape index (κ2) is 4.96. The molecule has 0 atom stereocenters. The molecule has 120 valence electrons. The summed E-state index contributed by atoms with van der Waals surface area (Å²) in [6.07, 6.45) is -4.31. The molecule has 1 aromatic carbocycles. The van der Waals surface area contributed by atoms with E-state index < -0.39 is 35.9 Å². The van der Waals surface area contributed by atoms with Gasteiger partial charge in [0.25, 0.3) is 0 Å². The molecule has 1 aromatic rings. The van der Waals surface area contributed by atoms with Crippen molar-refractivity contribution in [2.24, 2.45) is 0 Å². The molecule has 0 aromatic heterocycles. The zero-order valence-electron chi connectivity index (χ0n) is 11.6. The predicted molar refractivity (Wildman–Crippen MR) is 77.2 cm³/mol. The van der Waals surface area contributed by atoms with Crippen LogP contribution in [0.2, 0.25) is 0 Å². The molecule has 2 aliphatic carbocycles. The molecule has 0 unspecified atom stereocenters. The minimum atomic E-state index is -4.73. The minimum absolute atomic E-state index is 0.0520. The van der Waals surface area contributed by atoms with Gasteiger partial charge in [-0.2, -0.15) is 13.2 Å². The number of carbonyl (C=O) groups excluding carboxylic acids is 1. The lowest BCUT2D eigenvalue weighted by Gasteiger charge is -2.52. The average molecular weight is 378 g/mol.